The molecule has 0 saturated heterocycles. The molecule has 1 aromatic heterocycles. The third-order valence-electron chi connectivity index (χ3n) is 4.67. The molecule has 1 aromatic carbocycles. The van der Waals surface area contributed by atoms with Crippen molar-refractivity contribution >= 4 is 22.3 Å². The van der Waals surface area contributed by atoms with Gasteiger partial charge < -0.3 is 11.1 Å². The molecule has 10 heteroatoms. The molecule has 0 saturated carbocycles. The maximum absolute atomic E-state index is 12.9. The van der Waals surface area contributed by atoms with Gasteiger partial charge in [0.25, 0.3) is 0 Å². The number of hydrogen-bond donors (Lipinski definition) is 2. The van der Waals surface area contributed by atoms with Crippen molar-refractivity contribution in [3.8, 4) is 6.07 Å². The molecule has 0 spiro atoms. The molecule has 2 unspecified atom stereocenters. The van der Waals surface area contributed by atoms with Crippen molar-refractivity contribution in [3.63, 3.8) is 0 Å². The van der Waals surface area contributed by atoms with Crippen LogP contribution in [0.4, 0.5) is 18.9 Å². The number of hydrogen-bond acceptors (Lipinski definition) is 6. The number of halogens is 3. The van der Waals surface area contributed by atoms with E-state index in [4.69, 9.17) is 11.0 Å². The molecule has 0 radical (unpaired) electrons. The maximum Gasteiger partial charge on any atom is 0.433 e. The number of aromatic nitrogens is 1. The maximum atomic E-state index is 12.9. The fourth-order valence-electron chi connectivity index (χ4n) is 3.27. The Morgan fingerprint density at radius 1 is 1.27 bits per heavy atom. The van der Waals surface area contributed by atoms with Crippen molar-refractivity contribution in [2.24, 2.45) is 5.73 Å². The summed E-state index contributed by atoms with van der Waals surface area (Å²) in [6, 6.07) is 7.75. The number of rotatable bonds is 5. The zero-order valence-corrected chi connectivity index (χ0v) is 16.6. The molecule has 6 nitrogen and oxygen atoms in total. The predicted octanol–water partition coefficient (Wildman–Crippen LogP) is 3.44. The van der Waals surface area contributed by atoms with Crippen LogP contribution in [-0.4, -0.2) is 21.2 Å². The van der Waals surface area contributed by atoms with E-state index >= 15 is 0 Å². The fraction of sp³-hybridized carbons (Fsp3) is 0.250. The van der Waals surface area contributed by atoms with E-state index in [1.165, 1.54) is 24.5 Å². The fourth-order valence-corrected chi connectivity index (χ4v) is 4.09. The summed E-state index contributed by atoms with van der Waals surface area (Å²) >= 11 is 0. The number of carbonyl (C=O) groups is 1. The van der Waals surface area contributed by atoms with Crippen LogP contribution in [0.5, 0.6) is 0 Å². The Morgan fingerprint density at radius 2 is 2.00 bits per heavy atom. The van der Waals surface area contributed by atoms with E-state index in [0.29, 0.717) is 21.7 Å². The Kier molecular flexibility index (Phi) is 6.05. The van der Waals surface area contributed by atoms with Crippen LogP contribution >= 0.6 is 0 Å². The Bertz CT molecular complexity index is 1110. The Morgan fingerprint density at radius 3 is 2.63 bits per heavy atom. The van der Waals surface area contributed by atoms with Gasteiger partial charge in [0.15, 0.2) is 5.78 Å². The Labute approximate surface area is 173 Å². The van der Waals surface area contributed by atoms with Crippen LogP contribution < -0.4 is 11.1 Å². The molecule has 2 aromatic rings. The minimum atomic E-state index is -4.60. The first-order valence-electron chi connectivity index (χ1n) is 8.81. The van der Waals surface area contributed by atoms with Gasteiger partial charge in [-0.05, 0) is 36.2 Å². The molecular weight excluding hydrogens is 417 g/mol. The molecule has 156 valence electrons. The standard InChI is InChI=1S/C20H17F3N4O2S/c1-30(29)16-8-11(10-24)2-3-13(16)19(25)18-14(4-5-15(18)28)27-12-6-7-26-17(9-12)20(21,22)23/h2-3,6-9,19H,4-5,25H2,1H3,(H,26,27). The van der Waals surface area contributed by atoms with Crippen LogP contribution in [0.15, 0.2) is 52.7 Å². The van der Waals surface area contributed by atoms with Crippen LogP contribution in [0.25, 0.3) is 0 Å². The topological polar surface area (TPSA) is 109 Å². The molecule has 0 amide bonds. The summed E-state index contributed by atoms with van der Waals surface area (Å²) < 4.78 is 50.9. The van der Waals surface area contributed by atoms with Crippen molar-refractivity contribution in [3.05, 3.63) is 64.6 Å². The van der Waals surface area contributed by atoms with Gasteiger partial charge in [0.1, 0.15) is 5.69 Å². The van der Waals surface area contributed by atoms with E-state index in [2.05, 4.69) is 10.3 Å². The summed E-state index contributed by atoms with van der Waals surface area (Å²) in [6.07, 6.45) is -1.69. The van der Waals surface area contributed by atoms with Crippen LogP contribution in [0, 0.1) is 11.3 Å². The van der Waals surface area contributed by atoms with Gasteiger partial charge in [0.2, 0.25) is 0 Å². The van der Waals surface area contributed by atoms with Crippen LogP contribution in [-0.2, 0) is 21.8 Å². The number of benzene rings is 1. The zero-order chi connectivity index (χ0) is 22.1. The van der Waals surface area contributed by atoms with E-state index < -0.39 is 28.7 Å². The number of pyridine rings is 1. The second-order valence-corrected chi connectivity index (χ2v) is 8.01. The minimum Gasteiger partial charge on any atom is -0.358 e. The van der Waals surface area contributed by atoms with Crippen LogP contribution in [0.1, 0.15) is 35.7 Å². The molecule has 1 heterocycles. The van der Waals surface area contributed by atoms with E-state index in [1.54, 1.807) is 6.07 Å². The molecule has 0 aliphatic heterocycles. The number of ketones is 1. The number of nitrogens with zero attached hydrogens (tertiary/aromatic N) is 2. The lowest BCUT2D eigenvalue weighted by molar-refractivity contribution is -0.141. The molecular formula is C20H17F3N4O2S. The molecule has 2 atom stereocenters. The first kappa shape index (κ1) is 21.7. The summed E-state index contributed by atoms with van der Waals surface area (Å²) in [5.41, 5.74) is 6.76. The van der Waals surface area contributed by atoms with Crippen LogP contribution in [0.2, 0.25) is 0 Å². The average Bonchev–Trinajstić information content (AvgIpc) is 3.06. The van der Waals surface area contributed by atoms with Crippen molar-refractivity contribution in [1.82, 2.24) is 4.98 Å². The van der Waals surface area contributed by atoms with E-state index in [-0.39, 0.29) is 29.9 Å². The number of allylic oxidation sites excluding steroid dienone is 1. The number of nitriles is 1. The third kappa shape index (κ3) is 4.42. The molecule has 0 bridgehead atoms. The number of nitrogens with two attached hydrogens (primary N) is 1. The Hall–Kier alpha value is -3.03. The smallest absolute Gasteiger partial charge is 0.358 e. The van der Waals surface area contributed by atoms with Crippen molar-refractivity contribution in [1.29, 1.82) is 5.26 Å². The number of anilines is 1. The SMILES string of the molecule is CS(=O)c1cc(C#N)ccc1C(N)C1=C(Nc2ccnc(C(F)(F)F)c2)CCC1=O. The first-order valence-corrected chi connectivity index (χ1v) is 10.4. The van der Waals surface area contributed by atoms with Gasteiger partial charge in [0.05, 0.1) is 28.5 Å². The van der Waals surface area contributed by atoms with Gasteiger partial charge in [0, 0.05) is 40.7 Å². The van der Waals surface area contributed by atoms with Gasteiger partial charge in [-0.3, -0.25) is 14.0 Å². The summed E-state index contributed by atoms with van der Waals surface area (Å²) in [6.45, 7) is 0. The predicted molar refractivity (Wildman–Crippen MR) is 105 cm³/mol. The number of alkyl halides is 3. The molecule has 3 rings (SSSR count). The normalized spacial score (nSPS) is 16.3. The minimum absolute atomic E-state index is 0.130. The second-order valence-electron chi connectivity index (χ2n) is 6.66. The summed E-state index contributed by atoms with van der Waals surface area (Å²) in [5, 5.41) is 11.9. The second kappa shape index (κ2) is 8.38. The Balaban J connectivity index is 2.01. The summed E-state index contributed by atoms with van der Waals surface area (Å²) in [7, 11) is -1.47. The molecule has 0 fully saturated rings. The number of nitrogens with one attached hydrogen (secondary N) is 1. The highest BCUT2D eigenvalue weighted by Gasteiger charge is 2.33. The van der Waals surface area contributed by atoms with Gasteiger partial charge in [-0.25, -0.2) is 0 Å². The van der Waals surface area contributed by atoms with Gasteiger partial charge >= 0.3 is 6.18 Å². The van der Waals surface area contributed by atoms with Crippen LogP contribution in [0.3, 0.4) is 0 Å². The third-order valence-corrected chi connectivity index (χ3v) is 5.64. The van der Waals surface area contributed by atoms with Crippen molar-refractivity contribution in [2.75, 3.05) is 11.6 Å². The lowest BCUT2D eigenvalue weighted by atomic mass is 9.96. The van der Waals surface area contributed by atoms with Crippen molar-refractivity contribution in [2.45, 2.75) is 30.0 Å². The van der Waals surface area contributed by atoms with Gasteiger partial charge in [-0.2, -0.15) is 18.4 Å². The van der Waals surface area contributed by atoms with Gasteiger partial charge in [-0.1, -0.05) is 6.07 Å². The average molecular weight is 434 g/mol. The van der Waals surface area contributed by atoms with Crippen molar-refractivity contribution < 1.29 is 22.2 Å². The lowest BCUT2D eigenvalue weighted by Crippen LogP contribution is -2.21. The molecule has 3 N–H and O–H groups in total. The summed E-state index contributed by atoms with van der Waals surface area (Å²) in [4.78, 5) is 16.2. The molecule has 30 heavy (non-hydrogen) atoms. The zero-order valence-electron chi connectivity index (χ0n) is 15.8. The van der Waals surface area contributed by atoms with E-state index in [0.717, 1.165) is 12.3 Å². The number of Topliss-reactive ketones (excluding diaryl/α,β-unsaturated/α-hetero) is 1. The molecule has 1 aliphatic rings. The molecule has 1 aliphatic carbocycles. The van der Waals surface area contributed by atoms with Gasteiger partial charge in [-0.15, -0.1) is 0 Å². The largest absolute Gasteiger partial charge is 0.433 e. The number of carbonyl (C=O) groups excluding carboxylic acids is 1. The highest BCUT2D eigenvalue weighted by Crippen LogP contribution is 2.35. The van der Waals surface area contributed by atoms with E-state index in [1.807, 2.05) is 6.07 Å². The summed E-state index contributed by atoms with van der Waals surface area (Å²) in [5.74, 6) is -0.243. The highest BCUT2D eigenvalue weighted by molar-refractivity contribution is 7.84. The quantitative estimate of drug-likeness (QED) is 0.746. The highest BCUT2D eigenvalue weighted by atomic mass is 32.2. The lowest BCUT2D eigenvalue weighted by Gasteiger charge is -2.19. The first-order chi connectivity index (χ1) is 14.1. The monoisotopic (exact) mass is 434 g/mol. The van der Waals surface area contributed by atoms with E-state index in [9.17, 15) is 22.2 Å².